The maximum atomic E-state index is 10.4. The third-order valence-corrected chi connectivity index (χ3v) is 0.999. The van der Waals surface area contributed by atoms with E-state index in [2.05, 4.69) is 4.74 Å². The number of esters is 1. The van der Waals surface area contributed by atoms with Gasteiger partial charge in [-0.05, 0) is 6.42 Å². The van der Waals surface area contributed by atoms with E-state index < -0.39 is 5.97 Å². The molecule has 0 aliphatic rings. The summed E-state index contributed by atoms with van der Waals surface area (Å²) >= 11 is 0. The standard InChI is InChI=1S/C6H10O4.K.H/c1-10-6(9)4-2-3-5(7)8;;/h2-4H2,1H3,(H,7,8);;. The van der Waals surface area contributed by atoms with Gasteiger partial charge in [-0.1, -0.05) is 0 Å². The fourth-order valence-corrected chi connectivity index (χ4v) is 0.486. The number of aliphatic carboxylic acids is 1. The summed E-state index contributed by atoms with van der Waals surface area (Å²) in [6.07, 6.45) is 0.555. The Morgan fingerprint density at radius 3 is 2.27 bits per heavy atom. The molecule has 11 heavy (non-hydrogen) atoms. The molecule has 0 spiro atoms. The number of hydrogen-bond acceptors (Lipinski definition) is 3. The molecule has 0 saturated carbocycles. The molecule has 0 aliphatic carbocycles. The quantitative estimate of drug-likeness (QED) is 0.486. The van der Waals surface area contributed by atoms with Crippen LogP contribution >= 0.6 is 0 Å². The first-order valence-corrected chi connectivity index (χ1v) is 2.95. The zero-order valence-corrected chi connectivity index (χ0v) is 5.79. The molecule has 0 aliphatic heterocycles. The number of carboxylic acid groups (broad SMARTS) is 1. The minimum absolute atomic E-state index is 0. The van der Waals surface area contributed by atoms with Crippen molar-refractivity contribution in [2.45, 2.75) is 19.3 Å². The first kappa shape index (κ1) is 14.1. The zero-order valence-electron chi connectivity index (χ0n) is 5.79. The average Bonchev–Trinajstić information content (AvgIpc) is 1.87. The average molecular weight is 186 g/mol. The molecule has 0 atom stereocenters. The predicted molar refractivity (Wildman–Crippen MR) is 40.7 cm³/mol. The van der Waals surface area contributed by atoms with Gasteiger partial charge < -0.3 is 9.84 Å². The monoisotopic (exact) mass is 186 g/mol. The summed E-state index contributed by atoms with van der Waals surface area (Å²) in [5.41, 5.74) is 0. The third-order valence-electron chi connectivity index (χ3n) is 0.999. The summed E-state index contributed by atoms with van der Waals surface area (Å²) in [5.74, 6) is -1.25. The Labute approximate surface area is 108 Å². The molecule has 0 saturated heterocycles. The molecule has 0 bridgehead atoms. The first-order chi connectivity index (χ1) is 4.66. The van der Waals surface area contributed by atoms with Gasteiger partial charge in [0.15, 0.2) is 0 Å². The maximum absolute atomic E-state index is 10.4. The Morgan fingerprint density at radius 1 is 1.36 bits per heavy atom. The normalized spacial score (nSPS) is 8.09. The van der Waals surface area contributed by atoms with Crippen LogP contribution in [0.2, 0.25) is 0 Å². The van der Waals surface area contributed by atoms with Gasteiger partial charge in [-0.2, -0.15) is 0 Å². The van der Waals surface area contributed by atoms with Gasteiger partial charge in [0.2, 0.25) is 0 Å². The molecule has 0 aromatic carbocycles. The van der Waals surface area contributed by atoms with Gasteiger partial charge in [-0.3, -0.25) is 9.59 Å². The Balaban J connectivity index is 0. The topological polar surface area (TPSA) is 63.6 Å². The predicted octanol–water partition coefficient (Wildman–Crippen LogP) is -0.234. The molecule has 0 aromatic rings. The van der Waals surface area contributed by atoms with Crippen LogP contribution in [0.25, 0.3) is 0 Å². The Morgan fingerprint density at radius 2 is 1.91 bits per heavy atom. The van der Waals surface area contributed by atoms with E-state index in [0.717, 1.165) is 0 Å². The van der Waals surface area contributed by atoms with Crippen LogP contribution in [0.5, 0.6) is 0 Å². The van der Waals surface area contributed by atoms with Crippen LogP contribution < -0.4 is 0 Å². The van der Waals surface area contributed by atoms with Gasteiger partial charge in [0.1, 0.15) is 0 Å². The minimum atomic E-state index is -0.885. The fourth-order valence-electron chi connectivity index (χ4n) is 0.486. The van der Waals surface area contributed by atoms with E-state index in [1.807, 2.05) is 0 Å². The number of carbonyl (C=O) groups is 2. The van der Waals surface area contributed by atoms with E-state index in [1.165, 1.54) is 7.11 Å². The molecule has 0 amide bonds. The Bertz CT molecular complexity index is 135. The Hall–Kier alpha value is 0.576. The number of carboxylic acids is 1. The van der Waals surface area contributed by atoms with E-state index in [0.29, 0.717) is 6.42 Å². The summed E-state index contributed by atoms with van der Waals surface area (Å²) < 4.78 is 4.30. The molecular weight excluding hydrogens is 175 g/mol. The van der Waals surface area contributed by atoms with Crippen LogP contribution in [-0.4, -0.2) is 75.5 Å². The number of hydrogen-bond donors (Lipinski definition) is 1. The number of carbonyl (C=O) groups excluding carboxylic acids is 1. The van der Waals surface area contributed by atoms with E-state index in [9.17, 15) is 9.59 Å². The van der Waals surface area contributed by atoms with Crippen LogP contribution in [-0.2, 0) is 14.3 Å². The molecule has 0 aromatic heterocycles. The van der Waals surface area contributed by atoms with Gasteiger partial charge in [0.05, 0.1) is 7.11 Å². The third kappa shape index (κ3) is 10.6. The number of ether oxygens (including phenoxy) is 1. The van der Waals surface area contributed by atoms with Gasteiger partial charge >= 0.3 is 63.3 Å². The summed E-state index contributed by atoms with van der Waals surface area (Å²) in [5, 5.41) is 8.15. The van der Waals surface area contributed by atoms with E-state index >= 15 is 0 Å². The van der Waals surface area contributed by atoms with E-state index in [4.69, 9.17) is 5.11 Å². The fraction of sp³-hybridized carbons (Fsp3) is 0.667. The summed E-state index contributed by atoms with van der Waals surface area (Å²) in [7, 11) is 1.28. The van der Waals surface area contributed by atoms with Crippen molar-refractivity contribution in [2.75, 3.05) is 7.11 Å². The molecule has 0 radical (unpaired) electrons. The second kappa shape index (κ2) is 8.67. The molecule has 0 heterocycles. The summed E-state index contributed by atoms with van der Waals surface area (Å²) in [6, 6.07) is 0. The summed E-state index contributed by atoms with van der Waals surface area (Å²) in [6.45, 7) is 0. The molecule has 5 heteroatoms. The van der Waals surface area contributed by atoms with Gasteiger partial charge in [0.25, 0.3) is 0 Å². The van der Waals surface area contributed by atoms with Crippen LogP contribution in [0, 0.1) is 0 Å². The molecular formula is C6H11KO4. The van der Waals surface area contributed by atoms with Gasteiger partial charge in [0, 0.05) is 12.8 Å². The second-order valence-electron chi connectivity index (χ2n) is 1.82. The number of rotatable bonds is 4. The van der Waals surface area contributed by atoms with Crippen LogP contribution in [0.15, 0.2) is 0 Å². The molecule has 60 valence electrons. The SMILES string of the molecule is COC(=O)CCCC(=O)O.[KH]. The van der Waals surface area contributed by atoms with Gasteiger partial charge in [-0.25, -0.2) is 0 Å². The van der Waals surface area contributed by atoms with Gasteiger partial charge in [-0.15, -0.1) is 0 Å². The van der Waals surface area contributed by atoms with Crippen molar-refractivity contribution in [1.29, 1.82) is 0 Å². The van der Waals surface area contributed by atoms with Crippen LogP contribution in [0.4, 0.5) is 0 Å². The van der Waals surface area contributed by atoms with Crippen molar-refractivity contribution in [2.24, 2.45) is 0 Å². The molecule has 4 nitrogen and oxygen atoms in total. The van der Waals surface area contributed by atoms with Crippen molar-refractivity contribution in [3.05, 3.63) is 0 Å². The second-order valence-corrected chi connectivity index (χ2v) is 1.82. The molecule has 0 rings (SSSR count). The van der Waals surface area contributed by atoms with Crippen LogP contribution in [0.3, 0.4) is 0 Å². The van der Waals surface area contributed by atoms with Crippen molar-refractivity contribution < 1.29 is 19.4 Å². The van der Waals surface area contributed by atoms with Crippen molar-refractivity contribution >= 4 is 63.3 Å². The van der Waals surface area contributed by atoms with Crippen molar-refractivity contribution in [3.8, 4) is 0 Å². The Kier molecular flexibility index (Phi) is 11.1. The zero-order chi connectivity index (χ0) is 7.98. The van der Waals surface area contributed by atoms with E-state index in [1.54, 1.807) is 0 Å². The van der Waals surface area contributed by atoms with Crippen molar-refractivity contribution in [3.63, 3.8) is 0 Å². The molecule has 1 N–H and O–H groups in total. The van der Waals surface area contributed by atoms with E-state index in [-0.39, 0.29) is 70.2 Å². The molecule has 0 fully saturated rings. The molecule has 0 unspecified atom stereocenters. The number of methoxy groups -OCH3 is 1. The first-order valence-electron chi connectivity index (χ1n) is 2.95. The summed E-state index contributed by atoms with van der Waals surface area (Å²) in [4.78, 5) is 20.3. The van der Waals surface area contributed by atoms with Crippen LogP contribution in [0.1, 0.15) is 19.3 Å². The van der Waals surface area contributed by atoms with Crippen molar-refractivity contribution in [1.82, 2.24) is 0 Å².